The molecule has 104 valence electrons. The minimum absolute atomic E-state index is 0.00237. The number of ether oxygens (including phenoxy) is 2. The van der Waals surface area contributed by atoms with Crippen molar-refractivity contribution >= 4 is 0 Å². The van der Waals surface area contributed by atoms with Crippen molar-refractivity contribution in [3.63, 3.8) is 0 Å². The third-order valence-electron chi connectivity index (χ3n) is 3.73. The fourth-order valence-corrected chi connectivity index (χ4v) is 2.69. The summed E-state index contributed by atoms with van der Waals surface area (Å²) in [5, 5.41) is 0. The van der Waals surface area contributed by atoms with Crippen molar-refractivity contribution in [2.75, 3.05) is 7.11 Å². The Morgan fingerprint density at radius 3 is 2.75 bits per heavy atom. The second kappa shape index (κ2) is 5.55. The van der Waals surface area contributed by atoms with Gasteiger partial charge >= 0.3 is 0 Å². The number of methoxy groups -OCH3 is 1. The maximum absolute atomic E-state index is 6.28. The van der Waals surface area contributed by atoms with E-state index in [1.807, 2.05) is 24.3 Å². The van der Waals surface area contributed by atoms with Gasteiger partial charge in [-0.25, -0.2) is 0 Å². The minimum Gasteiger partial charge on any atom is -0.497 e. The van der Waals surface area contributed by atoms with Gasteiger partial charge in [-0.05, 0) is 23.8 Å². The average molecular weight is 269 g/mol. The molecule has 0 amide bonds. The van der Waals surface area contributed by atoms with Crippen LogP contribution in [0.2, 0.25) is 0 Å². The number of hydrogen-bond acceptors (Lipinski definition) is 3. The fraction of sp³-hybridized carbons (Fsp3) is 0.294. The van der Waals surface area contributed by atoms with Crippen molar-refractivity contribution in [2.24, 2.45) is 5.73 Å². The molecule has 1 aliphatic rings. The quantitative estimate of drug-likeness (QED) is 0.931. The molecule has 0 saturated carbocycles. The molecular formula is C17H19NO2. The molecule has 1 heterocycles. The van der Waals surface area contributed by atoms with E-state index in [9.17, 15) is 0 Å². The van der Waals surface area contributed by atoms with Crippen LogP contribution in [0.4, 0.5) is 0 Å². The van der Waals surface area contributed by atoms with Gasteiger partial charge in [-0.1, -0.05) is 30.3 Å². The van der Waals surface area contributed by atoms with E-state index in [-0.39, 0.29) is 12.1 Å². The van der Waals surface area contributed by atoms with E-state index in [1.54, 1.807) is 7.11 Å². The molecule has 20 heavy (non-hydrogen) atoms. The third-order valence-corrected chi connectivity index (χ3v) is 3.73. The van der Waals surface area contributed by atoms with Gasteiger partial charge in [0.2, 0.25) is 0 Å². The predicted octanol–water partition coefficient (Wildman–Crippen LogP) is 3.09. The first kappa shape index (κ1) is 13.0. The fourth-order valence-electron chi connectivity index (χ4n) is 2.69. The zero-order valence-corrected chi connectivity index (χ0v) is 11.6. The normalized spacial score (nSPS) is 20.9. The second-order valence-corrected chi connectivity index (χ2v) is 5.18. The predicted molar refractivity (Wildman–Crippen MR) is 79.1 cm³/mol. The van der Waals surface area contributed by atoms with Crippen molar-refractivity contribution < 1.29 is 9.47 Å². The van der Waals surface area contributed by atoms with Gasteiger partial charge in [0.15, 0.2) is 0 Å². The summed E-state index contributed by atoms with van der Waals surface area (Å²) in [7, 11) is 1.66. The Morgan fingerprint density at radius 1 is 1.20 bits per heavy atom. The highest BCUT2D eigenvalue weighted by Crippen LogP contribution is 2.36. The van der Waals surface area contributed by atoms with E-state index in [0.29, 0.717) is 0 Å². The largest absolute Gasteiger partial charge is 0.497 e. The Labute approximate surface area is 119 Å². The Bertz CT molecular complexity index is 583. The third kappa shape index (κ3) is 2.63. The average Bonchev–Trinajstić information content (AvgIpc) is 2.48. The molecule has 1 unspecified atom stereocenters. The van der Waals surface area contributed by atoms with Crippen molar-refractivity contribution in [1.82, 2.24) is 0 Å². The molecule has 2 atom stereocenters. The lowest BCUT2D eigenvalue weighted by Crippen LogP contribution is -2.31. The first-order valence-electron chi connectivity index (χ1n) is 6.90. The standard InChI is InChI=1S/C17H19NO2/c1-19-13-7-8-17-15(10-13)16(18)11-14(20-17)9-12-5-3-2-4-6-12/h2-8,10,14,16H,9,11,18H2,1H3/t14?,16-/m1/s1. The summed E-state index contributed by atoms with van der Waals surface area (Å²) >= 11 is 0. The molecule has 0 aromatic heterocycles. The van der Waals surface area contributed by atoms with Crippen molar-refractivity contribution in [1.29, 1.82) is 0 Å². The molecule has 3 rings (SSSR count). The lowest BCUT2D eigenvalue weighted by molar-refractivity contribution is 0.159. The molecule has 0 radical (unpaired) electrons. The molecule has 1 aliphatic heterocycles. The molecule has 0 saturated heterocycles. The Kier molecular flexibility index (Phi) is 3.61. The summed E-state index contributed by atoms with van der Waals surface area (Å²) in [6, 6.07) is 16.2. The van der Waals surface area contributed by atoms with E-state index < -0.39 is 0 Å². The van der Waals surface area contributed by atoms with Crippen LogP contribution in [0.1, 0.15) is 23.6 Å². The second-order valence-electron chi connectivity index (χ2n) is 5.18. The van der Waals surface area contributed by atoms with E-state index in [4.69, 9.17) is 15.2 Å². The van der Waals surface area contributed by atoms with Crippen LogP contribution in [0, 0.1) is 0 Å². The zero-order valence-electron chi connectivity index (χ0n) is 11.6. The minimum atomic E-state index is 0.00237. The number of nitrogens with two attached hydrogens (primary N) is 1. The Balaban J connectivity index is 1.79. The highest BCUT2D eigenvalue weighted by molar-refractivity contribution is 5.43. The number of benzene rings is 2. The van der Waals surface area contributed by atoms with Gasteiger partial charge in [0, 0.05) is 24.4 Å². The number of rotatable bonds is 3. The van der Waals surface area contributed by atoms with Gasteiger partial charge in [0.25, 0.3) is 0 Å². The maximum atomic E-state index is 6.28. The molecule has 2 N–H and O–H groups in total. The van der Waals surface area contributed by atoms with Crippen LogP contribution in [0.15, 0.2) is 48.5 Å². The van der Waals surface area contributed by atoms with Gasteiger partial charge in [-0.15, -0.1) is 0 Å². The lowest BCUT2D eigenvalue weighted by Gasteiger charge is -2.30. The molecule has 0 bridgehead atoms. The van der Waals surface area contributed by atoms with E-state index in [2.05, 4.69) is 24.3 Å². The van der Waals surface area contributed by atoms with Crippen LogP contribution in [-0.2, 0) is 6.42 Å². The van der Waals surface area contributed by atoms with E-state index >= 15 is 0 Å². The summed E-state index contributed by atoms with van der Waals surface area (Å²) in [5.74, 6) is 1.70. The van der Waals surface area contributed by atoms with Gasteiger partial charge in [-0.3, -0.25) is 0 Å². The zero-order chi connectivity index (χ0) is 13.9. The molecule has 3 heteroatoms. The molecule has 3 nitrogen and oxygen atoms in total. The Morgan fingerprint density at radius 2 is 2.00 bits per heavy atom. The van der Waals surface area contributed by atoms with Crippen molar-refractivity contribution in [2.45, 2.75) is 25.0 Å². The topological polar surface area (TPSA) is 44.5 Å². The van der Waals surface area contributed by atoms with Gasteiger partial charge in [0.1, 0.15) is 17.6 Å². The summed E-state index contributed by atoms with van der Waals surface area (Å²) in [6.07, 6.45) is 1.85. The molecule has 0 spiro atoms. The van der Waals surface area contributed by atoms with Gasteiger partial charge in [0.05, 0.1) is 7.11 Å². The van der Waals surface area contributed by atoms with Gasteiger partial charge < -0.3 is 15.2 Å². The van der Waals surface area contributed by atoms with Crippen LogP contribution in [-0.4, -0.2) is 13.2 Å². The van der Waals surface area contributed by atoms with Crippen LogP contribution in [0.5, 0.6) is 11.5 Å². The van der Waals surface area contributed by atoms with Crippen LogP contribution >= 0.6 is 0 Å². The highest BCUT2D eigenvalue weighted by atomic mass is 16.5. The van der Waals surface area contributed by atoms with E-state index in [0.717, 1.165) is 29.9 Å². The van der Waals surface area contributed by atoms with Crippen LogP contribution in [0.25, 0.3) is 0 Å². The van der Waals surface area contributed by atoms with E-state index in [1.165, 1.54) is 5.56 Å². The monoisotopic (exact) mass is 269 g/mol. The lowest BCUT2D eigenvalue weighted by atomic mass is 9.94. The molecular weight excluding hydrogens is 250 g/mol. The molecule has 2 aromatic carbocycles. The maximum Gasteiger partial charge on any atom is 0.124 e. The van der Waals surface area contributed by atoms with Crippen molar-refractivity contribution in [3.8, 4) is 11.5 Å². The molecule has 0 fully saturated rings. The highest BCUT2D eigenvalue weighted by Gasteiger charge is 2.26. The summed E-state index contributed by atoms with van der Waals surface area (Å²) in [4.78, 5) is 0. The summed E-state index contributed by atoms with van der Waals surface area (Å²) in [5.41, 5.74) is 8.59. The first-order chi connectivity index (χ1) is 9.76. The molecule has 0 aliphatic carbocycles. The summed E-state index contributed by atoms with van der Waals surface area (Å²) < 4.78 is 11.3. The van der Waals surface area contributed by atoms with Gasteiger partial charge in [-0.2, -0.15) is 0 Å². The number of hydrogen-bond donors (Lipinski definition) is 1. The Hall–Kier alpha value is -2.00. The first-order valence-corrected chi connectivity index (χ1v) is 6.90. The number of fused-ring (bicyclic) bond motifs is 1. The van der Waals surface area contributed by atoms with Crippen molar-refractivity contribution in [3.05, 3.63) is 59.7 Å². The molecule has 2 aromatic rings. The smallest absolute Gasteiger partial charge is 0.124 e. The SMILES string of the molecule is COc1ccc2c(c1)[C@H](N)CC(Cc1ccccc1)O2. The van der Waals surface area contributed by atoms with Crippen LogP contribution < -0.4 is 15.2 Å². The summed E-state index contributed by atoms with van der Waals surface area (Å²) in [6.45, 7) is 0. The van der Waals surface area contributed by atoms with Crippen LogP contribution in [0.3, 0.4) is 0 Å².